The van der Waals surface area contributed by atoms with Gasteiger partial charge in [-0.05, 0) is 31.4 Å². The first-order chi connectivity index (χ1) is 10.2. The van der Waals surface area contributed by atoms with Crippen molar-refractivity contribution in [2.75, 3.05) is 13.1 Å². The summed E-state index contributed by atoms with van der Waals surface area (Å²) >= 11 is 0. The summed E-state index contributed by atoms with van der Waals surface area (Å²) in [6.07, 6.45) is 0.919. The van der Waals surface area contributed by atoms with Crippen LogP contribution in [0.1, 0.15) is 18.4 Å². The van der Waals surface area contributed by atoms with Gasteiger partial charge in [0.2, 0.25) is 10.0 Å². The third-order valence-electron chi connectivity index (χ3n) is 3.72. The summed E-state index contributed by atoms with van der Waals surface area (Å²) < 4.78 is 26.4. The average molecular weight is 328 g/mol. The van der Waals surface area contributed by atoms with Crippen LogP contribution in [0.2, 0.25) is 0 Å². The maximum atomic E-state index is 12.6. The molecular weight excluding hydrogens is 312 g/mol. The number of carboxylic acids is 1. The van der Waals surface area contributed by atoms with E-state index in [9.17, 15) is 23.3 Å². The third-order valence-corrected chi connectivity index (χ3v) is 5.75. The SMILES string of the molecule is Cc1cc([N+](=O)[O-])ccc1S(=O)(=O)N1CCCC(C(=O)O)C1. The van der Waals surface area contributed by atoms with Crippen molar-refractivity contribution in [3.05, 3.63) is 33.9 Å². The Morgan fingerprint density at radius 3 is 2.68 bits per heavy atom. The van der Waals surface area contributed by atoms with Crippen molar-refractivity contribution < 1.29 is 23.2 Å². The largest absolute Gasteiger partial charge is 0.481 e. The van der Waals surface area contributed by atoms with Crippen molar-refractivity contribution in [1.82, 2.24) is 4.31 Å². The number of carbonyl (C=O) groups is 1. The molecule has 0 aromatic heterocycles. The van der Waals surface area contributed by atoms with E-state index in [4.69, 9.17) is 5.11 Å². The van der Waals surface area contributed by atoms with Gasteiger partial charge in [-0.15, -0.1) is 0 Å². The number of benzene rings is 1. The van der Waals surface area contributed by atoms with Crippen LogP contribution in [0.15, 0.2) is 23.1 Å². The standard InChI is InChI=1S/C13H16N2O6S/c1-9-7-11(15(18)19)4-5-12(9)22(20,21)14-6-2-3-10(8-14)13(16)17/h4-5,7,10H,2-3,6,8H2,1H3,(H,16,17). The van der Waals surface area contributed by atoms with E-state index in [1.54, 1.807) is 0 Å². The fourth-order valence-corrected chi connectivity index (χ4v) is 4.27. The first-order valence-corrected chi connectivity index (χ1v) is 8.15. The van der Waals surface area contributed by atoms with Gasteiger partial charge in [0.15, 0.2) is 0 Å². The zero-order chi connectivity index (χ0) is 16.5. The molecule has 1 saturated heterocycles. The predicted molar refractivity (Wildman–Crippen MR) is 77.0 cm³/mol. The van der Waals surface area contributed by atoms with E-state index < -0.39 is 26.8 Å². The second kappa shape index (κ2) is 6.01. The number of nitrogens with zero attached hydrogens (tertiary/aromatic N) is 2. The summed E-state index contributed by atoms with van der Waals surface area (Å²) in [5.41, 5.74) is 0.0881. The quantitative estimate of drug-likeness (QED) is 0.659. The number of hydrogen-bond acceptors (Lipinski definition) is 5. The molecule has 0 spiro atoms. The predicted octanol–water partition coefficient (Wildman–Crippen LogP) is 1.39. The van der Waals surface area contributed by atoms with E-state index in [-0.39, 0.29) is 29.2 Å². The summed E-state index contributed by atoms with van der Waals surface area (Å²) in [7, 11) is -3.85. The number of hydrogen-bond donors (Lipinski definition) is 1. The smallest absolute Gasteiger partial charge is 0.307 e. The lowest BCUT2D eigenvalue weighted by Crippen LogP contribution is -2.42. The number of sulfonamides is 1. The maximum Gasteiger partial charge on any atom is 0.307 e. The molecule has 0 aliphatic carbocycles. The van der Waals surface area contributed by atoms with Crippen LogP contribution >= 0.6 is 0 Å². The second-order valence-corrected chi connectivity index (χ2v) is 7.15. The van der Waals surface area contributed by atoms with E-state index in [1.807, 2.05) is 0 Å². The summed E-state index contributed by atoms with van der Waals surface area (Å²) in [5, 5.41) is 19.8. The Bertz CT molecular complexity index is 715. The van der Waals surface area contributed by atoms with Crippen molar-refractivity contribution in [3.8, 4) is 0 Å². The summed E-state index contributed by atoms with van der Waals surface area (Å²) in [4.78, 5) is 21.2. The van der Waals surface area contributed by atoms with E-state index >= 15 is 0 Å². The van der Waals surface area contributed by atoms with Gasteiger partial charge < -0.3 is 5.11 Å². The monoisotopic (exact) mass is 328 g/mol. The molecule has 1 aliphatic heterocycles. The molecule has 0 amide bonds. The Morgan fingerprint density at radius 1 is 1.45 bits per heavy atom. The molecule has 8 nitrogen and oxygen atoms in total. The maximum absolute atomic E-state index is 12.6. The normalized spacial score (nSPS) is 19.8. The number of rotatable bonds is 4. The van der Waals surface area contributed by atoms with Crippen LogP contribution in [0.4, 0.5) is 5.69 Å². The molecule has 1 aliphatic rings. The van der Waals surface area contributed by atoms with Crippen LogP contribution in [-0.4, -0.2) is 41.8 Å². The minimum atomic E-state index is -3.85. The second-order valence-electron chi connectivity index (χ2n) is 5.25. The number of nitro groups is 1. The van der Waals surface area contributed by atoms with Crippen LogP contribution in [-0.2, 0) is 14.8 Å². The molecule has 1 atom stereocenters. The minimum Gasteiger partial charge on any atom is -0.481 e. The molecule has 1 N–H and O–H groups in total. The number of aliphatic carboxylic acids is 1. The first kappa shape index (κ1) is 16.4. The lowest BCUT2D eigenvalue weighted by atomic mass is 10.0. The molecule has 1 heterocycles. The highest BCUT2D eigenvalue weighted by Crippen LogP contribution is 2.27. The van der Waals surface area contributed by atoms with Crippen LogP contribution in [0, 0.1) is 23.0 Å². The van der Waals surface area contributed by atoms with Crippen molar-refractivity contribution >= 4 is 21.7 Å². The van der Waals surface area contributed by atoms with Crippen LogP contribution < -0.4 is 0 Å². The van der Waals surface area contributed by atoms with Gasteiger partial charge in [-0.1, -0.05) is 0 Å². The van der Waals surface area contributed by atoms with Crippen LogP contribution in [0.25, 0.3) is 0 Å². The van der Waals surface area contributed by atoms with E-state index in [2.05, 4.69) is 0 Å². The Hall–Kier alpha value is -2.00. The van der Waals surface area contributed by atoms with Gasteiger partial charge in [0, 0.05) is 25.2 Å². The highest BCUT2D eigenvalue weighted by atomic mass is 32.2. The number of piperidine rings is 1. The van der Waals surface area contributed by atoms with Gasteiger partial charge in [0.05, 0.1) is 15.7 Å². The molecule has 0 saturated carbocycles. The number of carboxylic acid groups (broad SMARTS) is 1. The van der Waals surface area contributed by atoms with Crippen molar-refractivity contribution in [1.29, 1.82) is 0 Å². The van der Waals surface area contributed by atoms with Gasteiger partial charge in [0.1, 0.15) is 0 Å². The highest BCUT2D eigenvalue weighted by molar-refractivity contribution is 7.89. The Morgan fingerprint density at radius 2 is 2.14 bits per heavy atom. The third kappa shape index (κ3) is 3.09. The van der Waals surface area contributed by atoms with Crippen molar-refractivity contribution in [2.45, 2.75) is 24.7 Å². The molecule has 9 heteroatoms. The Labute approximate surface area is 127 Å². The first-order valence-electron chi connectivity index (χ1n) is 6.71. The molecule has 1 aromatic carbocycles. The number of non-ortho nitro benzene ring substituents is 1. The number of nitro benzene ring substituents is 1. The van der Waals surface area contributed by atoms with Gasteiger partial charge in [-0.25, -0.2) is 8.42 Å². The van der Waals surface area contributed by atoms with E-state index in [0.717, 1.165) is 10.4 Å². The molecule has 22 heavy (non-hydrogen) atoms. The zero-order valence-corrected chi connectivity index (χ0v) is 12.7. The lowest BCUT2D eigenvalue weighted by molar-refractivity contribution is -0.385. The van der Waals surface area contributed by atoms with Crippen LogP contribution in [0.3, 0.4) is 0 Å². The molecule has 0 radical (unpaired) electrons. The van der Waals surface area contributed by atoms with Crippen molar-refractivity contribution in [3.63, 3.8) is 0 Å². The van der Waals surface area contributed by atoms with Gasteiger partial charge in [-0.3, -0.25) is 14.9 Å². The molecule has 2 rings (SSSR count). The van der Waals surface area contributed by atoms with Gasteiger partial charge in [-0.2, -0.15) is 4.31 Å². The molecule has 120 valence electrons. The van der Waals surface area contributed by atoms with Crippen molar-refractivity contribution in [2.24, 2.45) is 5.92 Å². The fourth-order valence-electron chi connectivity index (χ4n) is 2.54. The Balaban J connectivity index is 2.34. The molecule has 1 aromatic rings. The van der Waals surface area contributed by atoms with Gasteiger partial charge >= 0.3 is 5.97 Å². The summed E-state index contributed by atoms with van der Waals surface area (Å²) in [5.74, 6) is -1.73. The number of aryl methyl sites for hydroxylation is 1. The Kier molecular flexibility index (Phi) is 4.47. The zero-order valence-electron chi connectivity index (χ0n) is 11.9. The summed E-state index contributed by atoms with van der Waals surface area (Å²) in [6.45, 7) is 1.66. The highest BCUT2D eigenvalue weighted by Gasteiger charge is 2.34. The summed E-state index contributed by atoms with van der Waals surface area (Å²) in [6, 6.07) is 3.54. The fraction of sp³-hybridized carbons (Fsp3) is 0.462. The molecule has 1 fully saturated rings. The topological polar surface area (TPSA) is 118 Å². The van der Waals surface area contributed by atoms with Gasteiger partial charge in [0.25, 0.3) is 5.69 Å². The molecule has 0 bridgehead atoms. The minimum absolute atomic E-state index is 0.0239. The lowest BCUT2D eigenvalue weighted by Gasteiger charge is -2.30. The molecular formula is C13H16N2O6S. The average Bonchev–Trinajstić information content (AvgIpc) is 2.46. The van der Waals surface area contributed by atoms with E-state index in [0.29, 0.717) is 12.8 Å². The molecule has 1 unspecified atom stereocenters. The van der Waals surface area contributed by atoms with E-state index in [1.165, 1.54) is 19.1 Å². The van der Waals surface area contributed by atoms with Crippen LogP contribution in [0.5, 0.6) is 0 Å².